The van der Waals surface area contributed by atoms with E-state index in [2.05, 4.69) is 15.5 Å². The highest BCUT2D eigenvalue weighted by Crippen LogP contribution is 2.39. The molecule has 1 aromatic heterocycles. The maximum absolute atomic E-state index is 10.8. The van der Waals surface area contributed by atoms with Crippen molar-refractivity contribution < 1.29 is 9.21 Å². The summed E-state index contributed by atoms with van der Waals surface area (Å²) in [5.74, 6) is 0.549. The topological polar surface area (TPSA) is 68.0 Å². The number of halogens is 1. The number of hydrogen-bond acceptors (Lipinski definition) is 4. The number of hydrogen-bond donors (Lipinski definition) is 1. The summed E-state index contributed by atoms with van der Waals surface area (Å²) in [6.45, 7) is 0. The van der Waals surface area contributed by atoms with Crippen molar-refractivity contribution >= 4 is 23.5 Å². The highest BCUT2D eigenvalue weighted by molar-refractivity contribution is 6.28. The Labute approximate surface area is 79.5 Å². The summed E-state index contributed by atoms with van der Waals surface area (Å²) in [5.41, 5.74) is 0. The van der Waals surface area contributed by atoms with E-state index >= 15 is 0 Å². The molecule has 1 aliphatic rings. The average Bonchev–Trinajstić information content (AvgIpc) is 2.88. The summed E-state index contributed by atoms with van der Waals surface area (Å²) in [4.78, 5) is 10.8. The molecule has 1 aliphatic carbocycles. The van der Waals surface area contributed by atoms with Crippen molar-refractivity contribution in [1.82, 2.24) is 10.2 Å². The van der Waals surface area contributed by atoms with Gasteiger partial charge in [0, 0.05) is 5.92 Å². The normalized spacial score (nSPS) is 15.8. The van der Waals surface area contributed by atoms with Crippen LogP contribution in [0.15, 0.2) is 4.42 Å². The number of rotatable bonds is 3. The zero-order chi connectivity index (χ0) is 9.26. The number of aromatic nitrogens is 2. The lowest BCUT2D eigenvalue weighted by Crippen LogP contribution is -2.12. The number of nitrogens with one attached hydrogen (secondary N) is 1. The third kappa shape index (κ3) is 1.98. The van der Waals surface area contributed by atoms with E-state index in [0.717, 1.165) is 12.8 Å². The zero-order valence-corrected chi connectivity index (χ0v) is 7.54. The van der Waals surface area contributed by atoms with Crippen molar-refractivity contribution in [3.05, 3.63) is 5.89 Å². The predicted molar refractivity (Wildman–Crippen MR) is 45.6 cm³/mol. The molecule has 1 heterocycles. The van der Waals surface area contributed by atoms with Crippen LogP contribution in [-0.2, 0) is 4.79 Å². The Morgan fingerprint density at radius 2 is 2.38 bits per heavy atom. The smallest absolute Gasteiger partial charge is 0.322 e. The first-order valence-electron chi connectivity index (χ1n) is 3.99. The van der Waals surface area contributed by atoms with Crippen LogP contribution in [0.5, 0.6) is 0 Å². The fourth-order valence-electron chi connectivity index (χ4n) is 0.933. The molecule has 1 N–H and O–H groups in total. The largest absolute Gasteiger partial charge is 0.408 e. The number of carbonyl (C=O) groups excluding carboxylic acids is 1. The maximum Gasteiger partial charge on any atom is 0.322 e. The lowest BCUT2D eigenvalue weighted by Gasteiger charge is -1.93. The predicted octanol–water partition coefficient (Wildman–Crippen LogP) is 1.12. The van der Waals surface area contributed by atoms with Crippen LogP contribution in [-0.4, -0.2) is 22.0 Å². The number of anilines is 1. The van der Waals surface area contributed by atoms with E-state index in [1.165, 1.54) is 0 Å². The van der Waals surface area contributed by atoms with E-state index in [9.17, 15) is 4.79 Å². The highest BCUT2D eigenvalue weighted by atomic mass is 35.5. The van der Waals surface area contributed by atoms with Gasteiger partial charge in [-0.05, 0) is 12.8 Å². The van der Waals surface area contributed by atoms with Gasteiger partial charge < -0.3 is 4.42 Å². The molecule has 1 amide bonds. The van der Waals surface area contributed by atoms with Crippen LogP contribution in [0.3, 0.4) is 0 Å². The summed E-state index contributed by atoms with van der Waals surface area (Å²) >= 11 is 5.28. The van der Waals surface area contributed by atoms with E-state index in [1.54, 1.807) is 0 Å². The van der Waals surface area contributed by atoms with E-state index in [-0.39, 0.29) is 17.8 Å². The van der Waals surface area contributed by atoms with Gasteiger partial charge in [0.2, 0.25) is 11.8 Å². The molecule has 0 aromatic carbocycles. The van der Waals surface area contributed by atoms with Crippen LogP contribution in [0.2, 0.25) is 0 Å². The van der Waals surface area contributed by atoms with Crippen LogP contribution in [0.25, 0.3) is 0 Å². The van der Waals surface area contributed by atoms with Crippen LogP contribution < -0.4 is 5.32 Å². The fraction of sp³-hybridized carbons (Fsp3) is 0.571. The van der Waals surface area contributed by atoms with Crippen molar-refractivity contribution in [2.75, 3.05) is 11.2 Å². The maximum atomic E-state index is 10.8. The van der Waals surface area contributed by atoms with Crippen molar-refractivity contribution in [1.29, 1.82) is 0 Å². The Morgan fingerprint density at radius 1 is 1.62 bits per heavy atom. The molecule has 70 valence electrons. The van der Waals surface area contributed by atoms with Crippen LogP contribution >= 0.6 is 11.6 Å². The Bertz CT molecular complexity index is 321. The first-order valence-corrected chi connectivity index (χ1v) is 4.52. The molecule has 1 aromatic rings. The number of nitrogens with zero attached hydrogens (tertiary/aromatic N) is 2. The minimum absolute atomic E-state index is 0.110. The van der Waals surface area contributed by atoms with Gasteiger partial charge in [0.1, 0.15) is 5.88 Å². The molecule has 0 saturated heterocycles. The van der Waals surface area contributed by atoms with Crippen LogP contribution in [0.1, 0.15) is 24.7 Å². The van der Waals surface area contributed by atoms with Gasteiger partial charge in [-0.25, -0.2) is 0 Å². The Balaban J connectivity index is 2.00. The molecule has 2 rings (SSSR count). The second-order valence-electron chi connectivity index (χ2n) is 2.90. The van der Waals surface area contributed by atoms with Crippen molar-refractivity contribution in [3.8, 4) is 0 Å². The van der Waals surface area contributed by atoms with E-state index in [0.29, 0.717) is 11.8 Å². The monoisotopic (exact) mass is 201 g/mol. The van der Waals surface area contributed by atoms with Crippen molar-refractivity contribution in [2.24, 2.45) is 0 Å². The summed E-state index contributed by atoms with van der Waals surface area (Å²) in [5, 5.41) is 9.83. The van der Waals surface area contributed by atoms with Crippen molar-refractivity contribution in [2.45, 2.75) is 18.8 Å². The van der Waals surface area contributed by atoms with Crippen LogP contribution in [0, 0.1) is 0 Å². The SMILES string of the molecule is O=C(CCl)Nc1nnc(C2CC2)o1. The van der Waals surface area contributed by atoms with E-state index < -0.39 is 0 Å². The molecule has 0 radical (unpaired) electrons. The van der Waals surface area contributed by atoms with Gasteiger partial charge in [-0.2, -0.15) is 0 Å². The number of carbonyl (C=O) groups is 1. The lowest BCUT2D eigenvalue weighted by atomic mass is 10.4. The zero-order valence-electron chi connectivity index (χ0n) is 6.79. The number of amides is 1. The highest BCUT2D eigenvalue weighted by Gasteiger charge is 2.29. The molecule has 1 fully saturated rings. The Hall–Kier alpha value is -1.10. The molecule has 1 saturated carbocycles. The molecule has 13 heavy (non-hydrogen) atoms. The fourth-order valence-corrected chi connectivity index (χ4v) is 1.000. The van der Waals surface area contributed by atoms with E-state index in [4.69, 9.17) is 16.0 Å². The minimum atomic E-state index is -0.340. The standard InChI is InChI=1S/C7H8ClN3O2/c8-3-5(12)9-7-11-10-6(13-7)4-1-2-4/h4H,1-3H2,(H,9,11,12). The van der Waals surface area contributed by atoms with Gasteiger partial charge in [-0.1, -0.05) is 5.10 Å². The van der Waals surface area contributed by atoms with Gasteiger partial charge >= 0.3 is 6.01 Å². The van der Waals surface area contributed by atoms with Gasteiger partial charge in [0.25, 0.3) is 0 Å². The first-order chi connectivity index (χ1) is 6.29. The first kappa shape index (κ1) is 8.50. The third-order valence-corrected chi connectivity index (χ3v) is 1.98. The molecule has 0 spiro atoms. The molecule has 0 unspecified atom stereocenters. The number of alkyl halides is 1. The van der Waals surface area contributed by atoms with Crippen LogP contribution in [0.4, 0.5) is 6.01 Å². The molecule has 5 nitrogen and oxygen atoms in total. The van der Waals surface area contributed by atoms with Gasteiger partial charge in [0.05, 0.1) is 0 Å². The van der Waals surface area contributed by atoms with Crippen molar-refractivity contribution in [3.63, 3.8) is 0 Å². The molecule has 6 heteroatoms. The Morgan fingerprint density at radius 3 is 3.00 bits per heavy atom. The minimum Gasteiger partial charge on any atom is -0.408 e. The summed E-state index contributed by atoms with van der Waals surface area (Å²) in [6.07, 6.45) is 2.18. The van der Waals surface area contributed by atoms with Gasteiger partial charge in [0.15, 0.2) is 0 Å². The quantitative estimate of drug-likeness (QED) is 0.745. The third-order valence-electron chi connectivity index (χ3n) is 1.73. The molecule has 0 aliphatic heterocycles. The molecule has 0 bridgehead atoms. The summed E-state index contributed by atoms with van der Waals surface area (Å²) < 4.78 is 5.17. The van der Waals surface area contributed by atoms with Gasteiger partial charge in [-0.3, -0.25) is 10.1 Å². The summed E-state index contributed by atoms with van der Waals surface area (Å²) in [7, 11) is 0. The lowest BCUT2D eigenvalue weighted by molar-refractivity contribution is -0.114. The second kappa shape index (κ2) is 3.33. The molecular formula is C7H8ClN3O2. The molecular weight excluding hydrogens is 194 g/mol. The Kier molecular flexibility index (Phi) is 2.18. The second-order valence-corrected chi connectivity index (χ2v) is 3.17. The van der Waals surface area contributed by atoms with E-state index in [1.807, 2.05) is 0 Å². The van der Waals surface area contributed by atoms with Gasteiger partial charge in [-0.15, -0.1) is 16.7 Å². The molecule has 0 atom stereocenters. The summed E-state index contributed by atoms with van der Waals surface area (Å²) in [6, 6.07) is 0.132. The average molecular weight is 202 g/mol.